The molecular formula is C15H30N2S. The van der Waals surface area contributed by atoms with E-state index in [0.29, 0.717) is 11.5 Å². The summed E-state index contributed by atoms with van der Waals surface area (Å²) >= 11 is 2.12. The van der Waals surface area contributed by atoms with Crippen molar-refractivity contribution < 1.29 is 0 Å². The molecule has 1 atom stereocenters. The van der Waals surface area contributed by atoms with E-state index in [2.05, 4.69) is 42.7 Å². The Morgan fingerprint density at radius 1 is 1.33 bits per heavy atom. The summed E-state index contributed by atoms with van der Waals surface area (Å²) in [6.07, 6.45) is 5.75. The summed E-state index contributed by atoms with van der Waals surface area (Å²) < 4.78 is 0. The molecule has 0 radical (unpaired) electrons. The van der Waals surface area contributed by atoms with E-state index >= 15 is 0 Å². The van der Waals surface area contributed by atoms with Gasteiger partial charge in [0, 0.05) is 43.2 Å². The topological polar surface area (TPSA) is 15.3 Å². The van der Waals surface area contributed by atoms with Crippen LogP contribution in [0.3, 0.4) is 0 Å². The molecule has 1 saturated heterocycles. The van der Waals surface area contributed by atoms with Gasteiger partial charge in [-0.2, -0.15) is 11.8 Å². The van der Waals surface area contributed by atoms with Gasteiger partial charge >= 0.3 is 0 Å². The average molecular weight is 270 g/mol. The minimum atomic E-state index is 0.570. The molecule has 1 saturated carbocycles. The summed E-state index contributed by atoms with van der Waals surface area (Å²) in [6, 6.07) is 1.40. The molecule has 106 valence electrons. The second kappa shape index (κ2) is 6.62. The normalized spacial score (nSPS) is 29.0. The Hall–Kier alpha value is 0.270. The highest BCUT2D eigenvalue weighted by molar-refractivity contribution is 7.99. The third kappa shape index (κ3) is 3.88. The molecule has 2 rings (SSSR count). The third-order valence-corrected chi connectivity index (χ3v) is 5.78. The standard InChI is InChI=1S/C15H30N2S/c1-13(2)16-11-15(6-4-5-7-15)12-17-8-9-18-10-14(17)3/h13-14,16H,4-12H2,1-3H3. The zero-order chi connectivity index (χ0) is 13.0. The van der Waals surface area contributed by atoms with E-state index in [0.717, 1.165) is 6.04 Å². The molecule has 1 aliphatic heterocycles. The van der Waals surface area contributed by atoms with Crippen LogP contribution in [0.4, 0.5) is 0 Å². The summed E-state index contributed by atoms with van der Waals surface area (Å²) in [5, 5.41) is 3.70. The molecule has 1 unspecified atom stereocenters. The molecule has 0 aromatic carbocycles. The first kappa shape index (κ1) is 14.7. The Morgan fingerprint density at radius 2 is 2.06 bits per heavy atom. The van der Waals surface area contributed by atoms with Gasteiger partial charge in [-0.05, 0) is 25.2 Å². The lowest BCUT2D eigenvalue weighted by Crippen LogP contribution is -2.49. The number of hydrogen-bond acceptors (Lipinski definition) is 3. The number of nitrogens with one attached hydrogen (secondary N) is 1. The van der Waals surface area contributed by atoms with E-state index in [1.807, 2.05) is 0 Å². The fourth-order valence-electron chi connectivity index (χ4n) is 3.36. The molecule has 0 aromatic heterocycles. The van der Waals surface area contributed by atoms with Crippen LogP contribution >= 0.6 is 11.8 Å². The van der Waals surface area contributed by atoms with Crippen LogP contribution in [0.5, 0.6) is 0 Å². The van der Waals surface area contributed by atoms with E-state index < -0.39 is 0 Å². The molecule has 1 aliphatic carbocycles. The van der Waals surface area contributed by atoms with Gasteiger partial charge in [0.15, 0.2) is 0 Å². The molecule has 1 heterocycles. The molecular weight excluding hydrogens is 240 g/mol. The van der Waals surface area contributed by atoms with Gasteiger partial charge in [0.25, 0.3) is 0 Å². The van der Waals surface area contributed by atoms with Gasteiger partial charge in [-0.1, -0.05) is 26.7 Å². The predicted molar refractivity (Wildman–Crippen MR) is 82.4 cm³/mol. The second-order valence-electron chi connectivity index (χ2n) is 6.64. The molecule has 2 nitrogen and oxygen atoms in total. The van der Waals surface area contributed by atoms with Crippen molar-refractivity contribution in [1.29, 1.82) is 0 Å². The van der Waals surface area contributed by atoms with Crippen molar-refractivity contribution in [3.63, 3.8) is 0 Å². The highest BCUT2D eigenvalue weighted by atomic mass is 32.2. The molecule has 0 aromatic rings. The van der Waals surface area contributed by atoms with Crippen molar-refractivity contribution in [2.24, 2.45) is 5.41 Å². The maximum Gasteiger partial charge on any atom is 0.0158 e. The van der Waals surface area contributed by atoms with Gasteiger partial charge in [-0.15, -0.1) is 0 Å². The molecule has 3 heteroatoms. The maximum atomic E-state index is 3.70. The number of rotatable bonds is 5. The van der Waals surface area contributed by atoms with E-state index in [1.165, 1.54) is 56.8 Å². The van der Waals surface area contributed by atoms with E-state index in [9.17, 15) is 0 Å². The third-order valence-electron chi connectivity index (χ3n) is 4.59. The van der Waals surface area contributed by atoms with Gasteiger partial charge in [0.2, 0.25) is 0 Å². The Kier molecular flexibility index (Phi) is 5.40. The van der Waals surface area contributed by atoms with Crippen LogP contribution in [0.15, 0.2) is 0 Å². The first-order valence-electron chi connectivity index (χ1n) is 7.66. The molecule has 2 fully saturated rings. The highest BCUT2D eigenvalue weighted by Gasteiger charge is 2.36. The van der Waals surface area contributed by atoms with Crippen molar-refractivity contribution in [2.75, 3.05) is 31.1 Å². The highest BCUT2D eigenvalue weighted by Crippen LogP contribution is 2.39. The lowest BCUT2D eigenvalue weighted by molar-refractivity contribution is 0.125. The van der Waals surface area contributed by atoms with Crippen LogP contribution in [-0.2, 0) is 0 Å². The van der Waals surface area contributed by atoms with Gasteiger partial charge in [0.05, 0.1) is 0 Å². The quantitative estimate of drug-likeness (QED) is 0.827. The Bertz CT molecular complexity index is 249. The summed E-state index contributed by atoms with van der Waals surface area (Å²) in [4.78, 5) is 2.75. The molecule has 2 aliphatic rings. The molecule has 0 bridgehead atoms. The molecule has 18 heavy (non-hydrogen) atoms. The van der Waals surface area contributed by atoms with Crippen LogP contribution in [0.2, 0.25) is 0 Å². The Morgan fingerprint density at radius 3 is 2.67 bits per heavy atom. The van der Waals surface area contributed by atoms with Gasteiger partial charge < -0.3 is 5.32 Å². The van der Waals surface area contributed by atoms with Crippen molar-refractivity contribution in [3.8, 4) is 0 Å². The van der Waals surface area contributed by atoms with Crippen LogP contribution in [-0.4, -0.2) is 48.1 Å². The maximum absolute atomic E-state index is 3.70. The first-order valence-corrected chi connectivity index (χ1v) is 8.82. The summed E-state index contributed by atoms with van der Waals surface area (Å²) in [5.41, 5.74) is 0.570. The van der Waals surface area contributed by atoms with Crippen molar-refractivity contribution in [3.05, 3.63) is 0 Å². The van der Waals surface area contributed by atoms with E-state index in [4.69, 9.17) is 0 Å². The first-order chi connectivity index (χ1) is 8.61. The lowest BCUT2D eigenvalue weighted by Gasteiger charge is -2.41. The van der Waals surface area contributed by atoms with Crippen LogP contribution < -0.4 is 5.32 Å². The van der Waals surface area contributed by atoms with Crippen LogP contribution in [0, 0.1) is 5.41 Å². The molecule has 1 N–H and O–H groups in total. The molecule has 0 amide bonds. The van der Waals surface area contributed by atoms with Gasteiger partial charge in [-0.3, -0.25) is 4.90 Å². The minimum Gasteiger partial charge on any atom is -0.314 e. The van der Waals surface area contributed by atoms with E-state index in [1.54, 1.807) is 0 Å². The van der Waals surface area contributed by atoms with Crippen molar-refractivity contribution in [1.82, 2.24) is 10.2 Å². The Balaban J connectivity index is 1.92. The smallest absolute Gasteiger partial charge is 0.0158 e. The SMILES string of the molecule is CC(C)NCC1(CN2CCSCC2C)CCCC1. The average Bonchev–Trinajstić information content (AvgIpc) is 2.79. The van der Waals surface area contributed by atoms with Crippen molar-refractivity contribution in [2.45, 2.75) is 58.5 Å². The monoisotopic (exact) mass is 270 g/mol. The van der Waals surface area contributed by atoms with Gasteiger partial charge in [-0.25, -0.2) is 0 Å². The zero-order valence-corrected chi connectivity index (χ0v) is 13.2. The van der Waals surface area contributed by atoms with Gasteiger partial charge in [0.1, 0.15) is 0 Å². The van der Waals surface area contributed by atoms with E-state index in [-0.39, 0.29) is 0 Å². The molecule has 0 spiro atoms. The van der Waals surface area contributed by atoms with Crippen molar-refractivity contribution >= 4 is 11.8 Å². The summed E-state index contributed by atoms with van der Waals surface area (Å²) in [6.45, 7) is 10.8. The summed E-state index contributed by atoms with van der Waals surface area (Å²) in [7, 11) is 0. The number of nitrogens with zero attached hydrogens (tertiary/aromatic N) is 1. The predicted octanol–water partition coefficient (Wildman–Crippen LogP) is 2.98. The number of hydrogen-bond donors (Lipinski definition) is 1. The van der Waals surface area contributed by atoms with Crippen LogP contribution in [0.1, 0.15) is 46.5 Å². The fourth-order valence-corrected chi connectivity index (χ4v) is 4.45. The fraction of sp³-hybridized carbons (Fsp3) is 1.00. The summed E-state index contributed by atoms with van der Waals surface area (Å²) in [5.74, 6) is 2.66. The zero-order valence-electron chi connectivity index (χ0n) is 12.4. The lowest BCUT2D eigenvalue weighted by atomic mass is 9.84. The number of thioether (sulfide) groups is 1. The second-order valence-corrected chi connectivity index (χ2v) is 7.79. The Labute approximate surface area is 117 Å². The minimum absolute atomic E-state index is 0.570. The largest absolute Gasteiger partial charge is 0.314 e. The van der Waals surface area contributed by atoms with Crippen LogP contribution in [0.25, 0.3) is 0 Å².